The van der Waals surface area contributed by atoms with Crippen molar-refractivity contribution in [2.75, 3.05) is 0 Å². The minimum Gasteiger partial charge on any atom is -0.480 e. The van der Waals surface area contributed by atoms with Gasteiger partial charge in [-0.3, -0.25) is 4.79 Å². The lowest BCUT2D eigenvalue weighted by atomic mass is 9.99. The van der Waals surface area contributed by atoms with Gasteiger partial charge < -0.3 is 10.4 Å². The third kappa shape index (κ3) is 4.18. The molecule has 0 aromatic heterocycles. The van der Waals surface area contributed by atoms with Crippen LogP contribution in [0.1, 0.15) is 30.9 Å². The minimum atomic E-state index is -0.781. The highest BCUT2D eigenvalue weighted by Gasteiger charge is 2.15. The molecule has 3 nitrogen and oxygen atoms in total. The molecule has 0 aliphatic rings. The van der Waals surface area contributed by atoms with Crippen molar-refractivity contribution in [2.24, 2.45) is 0 Å². The van der Waals surface area contributed by atoms with E-state index in [1.54, 1.807) is 0 Å². The number of aryl methyl sites for hydroxylation is 1. The van der Waals surface area contributed by atoms with Crippen molar-refractivity contribution in [2.45, 2.75) is 39.3 Å². The Kier molecular flexibility index (Phi) is 5.73. The van der Waals surface area contributed by atoms with Crippen molar-refractivity contribution < 1.29 is 9.90 Å². The first-order valence-electron chi connectivity index (χ1n) is 7.73. The van der Waals surface area contributed by atoms with Crippen LogP contribution in [0.2, 0.25) is 0 Å². The van der Waals surface area contributed by atoms with Crippen LogP contribution >= 0.6 is 0 Å². The standard InChI is InChI=1S/C19H23NO2/c1-3-7-18(19(21)22)20-13-15-9-6-10-16(12-15)17-11-5-4-8-14(17)2/h4-6,8-12,18,20H,3,7,13H2,1-2H3,(H,21,22). The summed E-state index contributed by atoms with van der Waals surface area (Å²) in [7, 11) is 0. The highest BCUT2D eigenvalue weighted by atomic mass is 16.4. The van der Waals surface area contributed by atoms with Gasteiger partial charge in [0.05, 0.1) is 0 Å². The van der Waals surface area contributed by atoms with E-state index in [0.29, 0.717) is 13.0 Å². The van der Waals surface area contributed by atoms with Gasteiger partial charge in [0.1, 0.15) is 6.04 Å². The number of carboxylic acid groups (broad SMARTS) is 1. The fourth-order valence-electron chi connectivity index (χ4n) is 2.59. The van der Waals surface area contributed by atoms with Crippen LogP contribution in [0.4, 0.5) is 0 Å². The molecule has 0 aliphatic heterocycles. The van der Waals surface area contributed by atoms with Gasteiger partial charge >= 0.3 is 5.97 Å². The van der Waals surface area contributed by atoms with Crippen LogP contribution in [-0.4, -0.2) is 17.1 Å². The maximum atomic E-state index is 11.2. The normalized spacial score (nSPS) is 12.1. The molecule has 1 unspecified atom stereocenters. The van der Waals surface area contributed by atoms with Gasteiger partial charge in [-0.2, -0.15) is 0 Å². The zero-order valence-electron chi connectivity index (χ0n) is 13.2. The number of benzene rings is 2. The third-order valence-electron chi connectivity index (χ3n) is 3.81. The lowest BCUT2D eigenvalue weighted by molar-refractivity contribution is -0.139. The molecule has 0 aliphatic carbocycles. The number of nitrogens with one attached hydrogen (secondary N) is 1. The van der Waals surface area contributed by atoms with E-state index in [2.05, 4.69) is 36.5 Å². The Morgan fingerprint density at radius 3 is 2.64 bits per heavy atom. The largest absolute Gasteiger partial charge is 0.480 e. The predicted octanol–water partition coefficient (Wildman–Crippen LogP) is 4.00. The average Bonchev–Trinajstić information content (AvgIpc) is 2.52. The second-order valence-corrected chi connectivity index (χ2v) is 5.58. The number of rotatable bonds is 7. The number of hydrogen-bond acceptors (Lipinski definition) is 2. The van der Waals surface area contributed by atoms with E-state index in [0.717, 1.165) is 12.0 Å². The second-order valence-electron chi connectivity index (χ2n) is 5.58. The maximum Gasteiger partial charge on any atom is 0.320 e. The zero-order chi connectivity index (χ0) is 15.9. The molecule has 0 bridgehead atoms. The fraction of sp³-hybridized carbons (Fsp3) is 0.316. The molecule has 0 saturated heterocycles. The van der Waals surface area contributed by atoms with Crippen LogP contribution in [0.3, 0.4) is 0 Å². The molecule has 1 atom stereocenters. The van der Waals surface area contributed by atoms with E-state index in [9.17, 15) is 9.90 Å². The molecule has 0 spiro atoms. The summed E-state index contributed by atoms with van der Waals surface area (Å²) in [5.41, 5.74) is 4.72. The number of hydrogen-bond donors (Lipinski definition) is 2. The summed E-state index contributed by atoms with van der Waals surface area (Å²) in [6, 6.07) is 16.1. The summed E-state index contributed by atoms with van der Waals surface area (Å²) < 4.78 is 0. The summed E-state index contributed by atoms with van der Waals surface area (Å²) in [6.45, 7) is 4.66. The van der Waals surface area contributed by atoms with E-state index in [-0.39, 0.29) is 0 Å². The van der Waals surface area contributed by atoms with Gasteiger partial charge in [-0.05, 0) is 41.7 Å². The van der Waals surface area contributed by atoms with Gasteiger partial charge in [-0.1, -0.05) is 55.8 Å². The van der Waals surface area contributed by atoms with Crippen LogP contribution in [0.5, 0.6) is 0 Å². The predicted molar refractivity (Wildman–Crippen MR) is 89.8 cm³/mol. The summed E-state index contributed by atoms with van der Waals surface area (Å²) in [5.74, 6) is -0.781. The van der Waals surface area contributed by atoms with E-state index in [1.807, 2.05) is 31.2 Å². The van der Waals surface area contributed by atoms with Gasteiger partial charge in [-0.15, -0.1) is 0 Å². The first kappa shape index (κ1) is 16.2. The van der Waals surface area contributed by atoms with E-state index in [4.69, 9.17) is 0 Å². The molecular formula is C19H23NO2. The number of carbonyl (C=O) groups is 1. The molecule has 116 valence electrons. The molecule has 0 heterocycles. The second kappa shape index (κ2) is 7.76. The molecule has 22 heavy (non-hydrogen) atoms. The van der Waals surface area contributed by atoms with Crippen molar-refractivity contribution in [3.63, 3.8) is 0 Å². The van der Waals surface area contributed by atoms with Crippen molar-refractivity contribution in [1.29, 1.82) is 0 Å². The molecule has 3 heteroatoms. The molecule has 2 aromatic carbocycles. The molecule has 0 saturated carbocycles. The molecule has 0 amide bonds. The Hall–Kier alpha value is -2.13. The highest BCUT2D eigenvalue weighted by Crippen LogP contribution is 2.23. The Morgan fingerprint density at radius 1 is 1.18 bits per heavy atom. The molecule has 2 aromatic rings. The third-order valence-corrected chi connectivity index (χ3v) is 3.81. The highest BCUT2D eigenvalue weighted by molar-refractivity contribution is 5.73. The Balaban J connectivity index is 2.12. The molecule has 0 fully saturated rings. The van der Waals surface area contributed by atoms with E-state index in [1.165, 1.54) is 16.7 Å². The molecule has 0 radical (unpaired) electrons. The number of carboxylic acids is 1. The van der Waals surface area contributed by atoms with Gasteiger partial charge in [0.2, 0.25) is 0 Å². The smallest absolute Gasteiger partial charge is 0.320 e. The lowest BCUT2D eigenvalue weighted by Crippen LogP contribution is -2.35. The molecule has 2 rings (SSSR count). The van der Waals surface area contributed by atoms with Crippen molar-refractivity contribution in [3.8, 4) is 11.1 Å². The van der Waals surface area contributed by atoms with Gasteiger partial charge in [0, 0.05) is 6.54 Å². The monoisotopic (exact) mass is 297 g/mol. The Bertz CT molecular complexity index is 637. The van der Waals surface area contributed by atoms with Crippen LogP contribution in [0.15, 0.2) is 48.5 Å². The SMILES string of the molecule is CCCC(NCc1cccc(-c2ccccc2C)c1)C(=O)O. The van der Waals surface area contributed by atoms with Crippen molar-refractivity contribution >= 4 is 5.97 Å². The lowest BCUT2D eigenvalue weighted by Gasteiger charge is -2.14. The Morgan fingerprint density at radius 2 is 1.95 bits per heavy atom. The fourth-order valence-corrected chi connectivity index (χ4v) is 2.59. The van der Waals surface area contributed by atoms with Crippen LogP contribution < -0.4 is 5.32 Å². The van der Waals surface area contributed by atoms with E-state index < -0.39 is 12.0 Å². The first-order valence-corrected chi connectivity index (χ1v) is 7.73. The first-order chi connectivity index (χ1) is 10.6. The van der Waals surface area contributed by atoms with Crippen LogP contribution in [0, 0.1) is 6.92 Å². The van der Waals surface area contributed by atoms with Crippen molar-refractivity contribution in [1.82, 2.24) is 5.32 Å². The van der Waals surface area contributed by atoms with Crippen LogP contribution in [0.25, 0.3) is 11.1 Å². The van der Waals surface area contributed by atoms with Gasteiger partial charge in [-0.25, -0.2) is 0 Å². The topological polar surface area (TPSA) is 49.3 Å². The molecular weight excluding hydrogens is 274 g/mol. The maximum absolute atomic E-state index is 11.2. The summed E-state index contributed by atoms with van der Waals surface area (Å²) in [6.07, 6.45) is 1.50. The summed E-state index contributed by atoms with van der Waals surface area (Å²) in [4.78, 5) is 11.2. The Labute approximate surface area is 132 Å². The quantitative estimate of drug-likeness (QED) is 0.812. The van der Waals surface area contributed by atoms with Crippen LogP contribution in [-0.2, 0) is 11.3 Å². The minimum absolute atomic E-state index is 0.480. The van der Waals surface area contributed by atoms with E-state index >= 15 is 0 Å². The average molecular weight is 297 g/mol. The molecule has 2 N–H and O–H groups in total. The van der Waals surface area contributed by atoms with Crippen molar-refractivity contribution in [3.05, 3.63) is 59.7 Å². The van der Waals surface area contributed by atoms with Gasteiger partial charge in [0.15, 0.2) is 0 Å². The summed E-state index contributed by atoms with van der Waals surface area (Å²) in [5, 5.41) is 12.3. The van der Waals surface area contributed by atoms with Gasteiger partial charge in [0.25, 0.3) is 0 Å². The zero-order valence-corrected chi connectivity index (χ0v) is 13.2. The number of aliphatic carboxylic acids is 1. The summed E-state index contributed by atoms with van der Waals surface area (Å²) >= 11 is 0.